The fourth-order valence-electron chi connectivity index (χ4n) is 4.89. The summed E-state index contributed by atoms with van der Waals surface area (Å²) in [5, 5.41) is 9.40. The molecule has 5 rings (SSSR count). The van der Waals surface area contributed by atoms with E-state index in [0.29, 0.717) is 33.5 Å². The number of aryl methyl sites for hydroxylation is 2. The summed E-state index contributed by atoms with van der Waals surface area (Å²) in [5.74, 6) is 0.131. The number of anilines is 1. The molecule has 0 saturated heterocycles. The maximum atomic E-state index is 13.6. The molecule has 0 bridgehead atoms. The molecule has 0 radical (unpaired) electrons. The Hall–Kier alpha value is -4.39. The molecule has 0 fully saturated rings. The van der Waals surface area contributed by atoms with E-state index in [1.165, 1.54) is 0 Å². The van der Waals surface area contributed by atoms with E-state index < -0.39 is 11.6 Å². The van der Waals surface area contributed by atoms with Gasteiger partial charge in [0.2, 0.25) is 0 Å². The number of nitrogens with one attached hydrogen (secondary N) is 1. The quantitative estimate of drug-likeness (QED) is 0.248. The number of fused-ring (bicyclic) bond motifs is 2. The topological polar surface area (TPSA) is 86.4 Å². The fourth-order valence-corrected chi connectivity index (χ4v) is 4.89. The van der Waals surface area contributed by atoms with Crippen LogP contribution in [0.25, 0.3) is 33.2 Å². The minimum absolute atomic E-state index is 0.0659. The van der Waals surface area contributed by atoms with Gasteiger partial charge in [-0.15, -0.1) is 0 Å². The standard InChI is InChI=1S/C32H33N3O4/c1-18-14-24(20(3)33-27-11-9-8-10-23(27)31(37)39-32(4,5)6)30-25(15-18)28(36)19(2)29(38-30)21-12-13-26-22(16-21)17-35(7)34-26/h8-17,20,33H,1-7H3/t20-/m1/s1. The second-order valence-electron chi connectivity index (χ2n) is 11.1. The van der Waals surface area contributed by atoms with E-state index in [2.05, 4.69) is 10.4 Å². The van der Waals surface area contributed by atoms with Crippen LogP contribution in [0.15, 0.2) is 70.0 Å². The molecule has 39 heavy (non-hydrogen) atoms. The van der Waals surface area contributed by atoms with Crippen LogP contribution in [0.1, 0.15) is 60.8 Å². The van der Waals surface area contributed by atoms with E-state index in [4.69, 9.17) is 9.15 Å². The zero-order chi connectivity index (χ0) is 28.1. The van der Waals surface area contributed by atoms with Crippen molar-refractivity contribution in [1.82, 2.24) is 9.78 Å². The number of aromatic nitrogens is 2. The SMILES string of the molecule is Cc1cc([C@@H](C)Nc2ccccc2C(=O)OC(C)(C)C)c2oc(-c3ccc4nn(C)cc4c3)c(C)c(=O)c2c1. The van der Waals surface area contributed by atoms with Gasteiger partial charge >= 0.3 is 5.97 Å². The van der Waals surface area contributed by atoms with Crippen LogP contribution in [0.5, 0.6) is 0 Å². The average molecular weight is 524 g/mol. The zero-order valence-corrected chi connectivity index (χ0v) is 23.4. The predicted molar refractivity (Wildman–Crippen MR) is 155 cm³/mol. The van der Waals surface area contributed by atoms with E-state index in [-0.39, 0.29) is 11.5 Å². The predicted octanol–water partition coefficient (Wildman–Crippen LogP) is 7.09. The number of benzene rings is 3. The van der Waals surface area contributed by atoms with Crippen molar-refractivity contribution < 1.29 is 13.9 Å². The lowest BCUT2D eigenvalue weighted by atomic mass is 9.98. The number of esters is 1. The second kappa shape index (κ2) is 9.73. The summed E-state index contributed by atoms with van der Waals surface area (Å²) in [4.78, 5) is 26.5. The van der Waals surface area contributed by atoms with Crippen molar-refractivity contribution in [2.45, 2.75) is 53.2 Å². The molecule has 2 aromatic heterocycles. The molecule has 7 nitrogen and oxygen atoms in total. The number of hydrogen-bond acceptors (Lipinski definition) is 6. The van der Waals surface area contributed by atoms with Crippen molar-refractivity contribution in [2.75, 3.05) is 5.32 Å². The number of nitrogens with zero attached hydrogens (tertiary/aromatic N) is 2. The molecule has 3 aromatic carbocycles. The van der Waals surface area contributed by atoms with Crippen molar-refractivity contribution >= 4 is 33.5 Å². The number of hydrogen-bond donors (Lipinski definition) is 1. The van der Waals surface area contributed by atoms with Gasteiger partial charge in [0.1, 0.15) is 16.9 Å². The van der Waals surface area contributed by atoms with E-state index >= 15 is 0 Å². The molecule has 0 amide bonds. The number of rotatable bonds is 5. The molecule has 0 spiro atoms. The Morgan fingerprint density at radius 3 is 2.56 bits per heavy atom. The lowest BCUT2D eigenvalue weighted by Gasteiger charge is -2.23. The van der Waals surface area contributed by atoms with Crippen LogP contribution in [-0.2, 0) is 11.8 Å². The van der Waals surface area contributed by atoms with Gasteiger partial charge in [0, 0.05) is 41.0 Å². The van der Waals surface area contributed by atoms with Gasteiger partial charge in [0.05, 0.1) is 22.5 Å². The maximum absolute atomic E-state index is 13.6. The maximum Gasteiger partial charge on any atom is 0.340 e. The van der Waals surface area contributed by atoms with Gasteiger partial charge in [-0.3, -0.25) is 9.48 Å². The molecule has 0 aliphatic rings. The average Bonchev–Trinajstić information content (AvgIpc) is 3.24. The first-order valence-corrected chi connectivity index (χ1v) is 13.0. The van der Waals surface area contributed by atoms with Crippen LogP contribution >= 0.6 is 0 Å². The number of carbonyl (C=O) groups is 1. The third-order valence-electron chi connectivity index (χ3n) is 6.66. The van der Waals surface area contributed by atoms with Crippen LogP contribution in [-0.4, -0.2) is 21.4 Å². The Morgan fingerprint density at radius 2 is 1.82 bits per heavy atom. The van der Waals surface area contributed by atoms with Crippen LogP contribution < -0.4 is 10.7 Å². The summed E-state index contributed by atoms with van der Waals surface area (Å²) >= 11 is 0. The van der Waals surface area contributed by atoms with Gasteiger partial charge in [-0.25, -0.2) is 4.79 Å². The molecule has 1 atom stereocenters. The highest BCUT2D eigenvalue weighted by atomic mass is 16.6. The monoisotopic (exact) mass is 523 g/mol. The summed E-state index contributed by atoms with van der Waals surface area (Å²) in [6.07, 6.45) is 1.94. The normalized spacial score (nSPS) is 12.6. The Bertz CT molecular complexity index is 1790. The largest absolute Gasteiger partial charge is 0.456 e. The van der Waals surface area contributed by atoms with Crippen LogP contribution in [0.3, 0.4) is 0 Å². The third-order valence-corrected chi connectivity index (χ3v) is 6.66. The highest BCUT2D eigenvalue weighted by Gasteiger charge is 2.23. The van der Waals surface area contributed by atoms with E-state index in [1.54, 1.807) is 17.7 Å². The van der Waals surface area contributed by atoms with Crippen molar-refractivity contribution in [3.63, 3.8) is 0 Å². The molecule has 0 saturated carbocycles. The third kappa shape index (κ3) is 5.17. The summed E-state index contributed by atoms with van der Waals surface area (Å²) in [5.41, 5.74) is 4.94. The molecular formula is C32H33N3O4. The Morgan fingerprint density at radius 1 is 1.08 bits per heavy atom. The smallest absolute Gasteiger partial charge is 0.340 e. The zero-order valence-electron chi connectivity index (χ0n) is 23.4. The Balaban J connectivity index is 1.61. The molecule has 200 valence electrons. The Labute approximate surface area is 227 Å². The van der Waals surface area contributed by atoms with Gasteiger partial charge in [-0.05, 0) is 83.5 Å². The van der Waals surface area contributed by atoms with Crippen molar-refractivity contribution in [3.05, 3.63) is 93.3 Å². The van der Waals surface area contributed by atoms with Gasteiger partial charge in [0.25, 0.3) is 0 Å². The molecule has 5 aromatic rings. The number of carbonyl (C=O) groups excluding carboxylic acids is 1. The van der Waals surface area contributed by atoms with E-state index in [9.17, 15) is 9.59 Å². The van der Waals surface area contributed by atoms with Gasteiger partial charge in [-0.2, -0.15) is 5.10 Å². The van der Waals surface area contributed by atoms with Crippen molar-refractivity contribution in [1.29, 1.82) is 0 Å². The Kier molecular flexibility index (Phi) is 6.54. The molecule has 0 unspecified atom stereocenters. The van der Waals surface area contributed by atoms with Crippen LogP contribution in [0, 0.1) is 13.8 Å². The molecular weight excluding hydrogens is 490 g/mol. The molecule has 0 aliphatic heterocycles. The summed E-state index contributed by atoms with van der Waals surface area (Å²) in [6.45, 7) is 11.3. The van der Waals surface area contributed by atoms with Crippen molar-refractivity contribution in [2.24, 2.45) is 7.05 Å². The minimum atomic E-state index is -0.612. The van der Waals surface area contributed by atoms with Gasteiger partial charge in [-0.1, -0.05) is 18.2 Å². The first-order valence-electron chi connectivity index (χ1n) is 13.0. The lowest BCUT2D eigenvalue weighted by Crippen LogP contribution is -2.24. The minimum Gasteiger partial charge on any atom is -0.456 e. The highest BCUT2D eigenvalue weighted by molar-refractivity contribution is 5.96. The molecule has 1 N–H and O–H groups in total. The number of para-hydroxylation sites is 1. The highest BCUT2D eigenvalue weighted by Crippen LogP contribution is 2.34. The van der Waals surface area contributed by atoms with Crippen molar-refractivity contribution in [3.8, 4) is 11.3 Å². The fraction of sp³-hybridized carbons (Fsp3) is 0.281. The first kappa shape index (κ1) is 26.2. The second-order valence-corrected chi connectivity index (χ2v) is 11.1. The summed E-state index contributed by atoms with van der Waals surface area (Å²) < 4.78 is 13.9. The molecule has 2 heterocycles. The number of ether oxygens (including phenoxy) is 1. The molecule has 0 aliphatic carbocycles. The lowest BCUT2D eigenvalue weighted by molar-refractivity contribution is 0.00706. The summed E-state index contributed by atoms with van der Waals surface area (Å²) in [7, 11) is 1.88. The summed E-state index contributed by atoms with van der Waals surface area (Å²) in [6, 6.07) is 16.7. The van der Waals surface area contributed by atoms with Crippen LogP contribution in [0.2, 0.25) is 0 Å². The van der Waals surface area contributed by atoms with Gasteiger partial charge in [0.15, 0.2) is 5.43 Å². The first-order chi connectivity index (χ1) is 18.4. The van der Waals surface area contributed by atoms with E-state index in [0.717, 1.165) is 27.6 Å². The van der Waals surface area contributed by atoms with Crippen LogP contribution in [0.4, 0.5) is 5.69 Å². The van der Waals surface area contributed by atoms with E-state index in [1.807, 2.05) is 96.4 Å². The van der Waals surface area contributed by atoms with Gasteiger partial charge < -0.3 is 14.5 Å². The molecule has 7 heteroatoms.